The Morgan fingerprint density at radius 2 is 2.00 bits per heavy atom. The minimum absolute atomic E-state index is 0.184. The summed E-state index contributed by atoms with van der Waals surface area (Å²) in [5, 5.41) is 4.64. The molecule has 5 nitrogen and oxygen atoms in total. The summed E-state index contributed by atoms with van der Waals surface area (Å²) < 4.78 is 12.8. The monoisotopic (exact) mass is 546 g/mol. The summed E-state index contributed by atoms with van der Waals surface area (Å²) in [5.74, 6) is 3.35. The first-order chi connectivity index (χ1) is 19.3. The van der Waals surface area contributed by atoms with Crippen LogP contribution in [-0.2, 0) is 20.9 Å². The number of rotatable bonds is 7. The highest BCUT2D eigenvalue weighted by Gasteiger charge is 2.59. The van der Waals surface area contributed by atoms with E-state index in [-0.39, 0.29) is 18.5 Å². The fraction of sp³-hybridized carbons (Fsp3) is 0.714. The third-order valence-corrected chi connectivity index (χ3v) is 11.9. The standard InChI is InChI=1S/C35H50N2O3/c1-6-32-23(2)9-14-33(40-32)39-27-15-17-34(4)26(20-27)10-11-28-30-13-12-29(35(30,5)18-16-31(28)34)24(3)37-38-22-25-8-7-19-36-21-25/h7-10,14,19,21,23,27-33H,6,11-13,15-18,20,22H2,1-5H3/b37-24+/t23-,27-,28?,29+,30?,31?,32+,33?,34-,35+/m0/s1. The van der Waals surface area contributed by atoms with Crippen LogP contribution in [0.15, 0.2) is 53.5 Å². The maximum absolute atomic E-state index is 6.55. The molecule has 4 aliphatic carbocycles. The molecule has 5 aliphatic rings. The third-order valence-electron chi connectivity index (χ3n) is 11.9. The van der Waals surface area contributed by atoms with Crippen LogP contribution in [0.2, 0.25) is 0 Å². The summed E-state index contributed by atoms with van der Waals surface area (Å²) in [6.45, 7) is 12.3. The number of hydrogen-bond donors (Lipinski definition) is 0. The number of allylic oxidation sites excluding steroid dienone is 1. The zero-order chi connectivity index (χ0) is 27.9. The molecule has 3 saturated carbocycles. The fourth-order valence-corrected chi connectivity index (χ4v) is 9.65. The summed E-state index contributed by atoms with van der Waals surface area (Å²) >= 11 is 0. The second kappa shape index (κ2) is 11.4. The van der Waals surface area contributed by atoms with E-state index in [1.54, 1.807) is 11.8 Å². The highest BCUT2D eigenvalue weighted by molar-refractivity contribution is 5.85. The van der Waals surface area contributed by atoms with E-state index < -0.39 is 0 Å². The Kier molecular flexibility index (Phi) is 8.00. The minimum atomic E-state index is -0.184. The first-order valence-corrected chi connectivity index (χ1v) is 16.1. The smallest absolute Gasteiger partial charge is 0.177 e. The van der Waals surface area contributed by atoms with Crippen molar-refractivity contribution in [2.75, 3.05) is 0 Å². The van der Waals surface area contributed by atoms with E-state index in [2.05, 4.69) is 63.0 Å². The Labute approximate surface area is 241 Å². The van der Waals surface area contributed by atoms with Gasteiger partial charge in [-0.25, -0.2) is 0 Å². The Bertz CT molecular complexity index is 1130. The molecule has 40 heavy (non-hydrogen) atoms. The van der Waals surface area contributed by atoms with Crippen molar-refractivity contribution in [2.24, 2.45) is 45.6 Å². The van der Waals surface area contributed by atoms with Gasteiger partial charge in [-0.3, -0.25) is 4.98 Å². The van der Waals surface area contributed by atoms with Crippen molar-refractivity contribution in [1.29, 1.82) is 0 Å². The molecule has 0 aromatic carbocycles. The average molecular weight is 547 g/mol. The third kappa shape index (κ3) is 5.11. The van der Waals surface area contributed by atoms with Crippen LogP contribution in [0, 0.1) is 40.4 Å². The molecule has 4 unspecified atom stereocenters. The molecule has 0 radical (unpaired) electrons. The number of hydrogen-bond acceptors (Lipinski definition) is 5. The molecule has 1 aromatic rings. The van der Waals surface area contributed by atoms with Crippen LogP contribution in [-0.4, -0.2) is 29.2 Å². The van der Waals surface area contributed by atoms with Crippen LogP contribution in [0.5, 0.6) is 0 Å². The first-order valence-electron chi connectivity index (χ1n) is 16.1. The molecule has 1 aliphatic heterocycles. The number of aromatic nitrogens is 1. The van der Waals surface area contributed by atoms with Crippen LogP contribution in [0.1, 0.15) is 98.0 Å². The van der Waals surface area contributed by atoms with Crippen LogP contribution in [0.4, 0.5) is 0 Å². The topological polar surface area (TPSA) is 52.9 Å². The number of fused-ring (bicyclic) bond motifs is 5. The van der Waals surface area contributed by atoms with E-state index >= 15 is 0 Å². The predicted molar refractivity (Wildman–Crippen MR) is 159 cm³/mol. The average Bonchev–Trinajstić information content (AvgIpc) is 3.32. The number of ether oxygens (including phenoxy) is 2. The SMILES string of the molecule is CC[C@H]1OC(O[C@H]2CC[C@@]3(C)C(=CCC4C3CC[C@@]3(C)C4CC[C@@H]3/C(C)=N/OCc3cccnc3)C2)C=C[C@@H]1C. The molecule has 6 rings (SSSR count). The van der Waals surface area contributed by atoms with Crippen molar-refractivity contribution in [3.05, 3.63) is 53.9 Å². The van der Waals surface area contributed by atoms with Gasteiger partial charge in [-0.2, -0.15) is 0 Å². The van der Waals surface area contributed by atoms with E-state index in [1.807, 2.05) is 18.3 Å². The van der Waals surface area contributed by atoms with Gasteiger partial charge < -0.3 is 14.3 Å². The summed E-state index contributed by atoms with van der Waals surface area (Å²) in [6, 6.07) is 3.99. The molecule has 0 amide bonds. The molecule has 0 spiro atoms. The fourth-order valence-electron chi connectivity index (χ4n) is 9.65. The second-order valence-electron chi connectivity index (χ2n) is 14.0. The maximum atomic E-state index is 6.55. The Balaban J connectivity index is 1.11. The van der Waals surface area contributed by atoms with Gasteiger partial charge in [0, 0.05) is 29.8 Å². The van der Waals surface area contributed by atoms with Gasteiger partial charge in [0.05, 0.1) is 17.9 Å². The lowest BCUT2D eigenvalue weighted by atomic mass is 9.47. The summed E-state index contributed by atoms with van der Waals surface area (Å²) in [5.41, 5.74) is 4.57. The molecule has 0 bridgehead atoms. The molecule has 5 heteroatoms. The predicted octanol–water partition coefficient (Wildman–Crippen LogP) is 8.27. The largest absolute Gasteiger partial charge is 0.391 e. The van der Waals surface area contributed by atoms with E-state index in [9.17, 15) is 0 Å². The molecular formula is C35H50N2O3. The van der Waals surface area contributed by atoms with Crippen LogP contribution in [0.3, 0.4) is 0 Å². The molecule has 3 fully saturated rings. The number of oxime groups is 1. The molecular weight excluding hydrogens is 496 g/mol. The van der Waals surface area contributed by atoms with Crippen LogP contribution >= 0.6 is 0 Å². The molecule has 0 saturated heterocycles. The maximum Gasteiger partial charge on any atom is 0.177 e. The van der Waals surface area contributed by atoms with E-state index in [0.29, 0.717) is 29.3 Å². The van der Waals surface area contributed by atoms with Gasteiger partial charge in [-0.05, 0) is 105 Å². The lowest BCUT2D eigenvalue weighted by Gasteiger charge is -2.58. The normalized spacial score (nSPS) is 42.9. The highest BCUT2D eigenvalue weighted by Crippen LogP contribution is 2.66. The highest BCUT2D eigenvalue weighted by atomic mass is 16.7. The van der Waals surface area contributed by atoms with Crippen molar-refractivity contribution in [3.8, 4) is 0 Å². The van der Waals surface area contributed by atoms with Gasteiger partial charge in [0.2, 0.25) is 0 Å². The minimum Gasteiger partial charge on any atom is -0.391 e. The molecule has 2 heterocycles. The first kappa shape index (κ1) is 28.2. The zero-order valence-electron chi connectivity index (χ0n) is 25.4. The van der Waals surface area contributed by atoms with Crippen LogP contribution < -0.4 is 0 Å². The lowest BCUT2D eigenvalue weighted by Crippen LogP contribution is -2.51. The van der Waals surface area contributed by atoms with Gasteiger partial charge in [-0.1, -0.05) is 56.6 Å². The van der Waals surface area contributed by atoms with Gasteiger partial charge in [0.15, 0.2) is 6.29 Å². The molecule has 218 valence electrons. The molecule has 0 N–H and O–H groups in total. The summed E-state index contributed by atoms with van der Waals surface area (Å²) in [6.07, 6.45) is 22.0. The molecule has 10 atom stereocenters. The Morgan fingerprint density at radius 1 is 1.12 bits per heavy atom. The summed E-state index contributed by atoms with van der Waals surface area (Å²) in [7, 11) is 0. The number of pyridine rings is 1. The van der Waals surface area contributed by atoms with Crippen molar-refractivity contribution < 1.29 is 14.3 Å². The zero-order valence-corrected chi connectivity index (χ0v) is 25.4. The second-order valence-corrected chi connectivity index (χ2v) is 14.0. The number of nitrogens with zero attached hydrogens (tertiary/aromatic N) is 2. The van der Waals surface area contributed by atoms with Crippen molar-refractivity contribution in [2.45, 2.75) is 118 Å². The van der Waals surface area contributed by atoms with Gasteiger partial charge in [0.25, 0.3) is 0 Å². The van der Waals surface area contributed by atoms with Crippen molar-refractivity contribution in [1.82, 2.24) is 4.98 Å². The Morgan fingerprint density at radius 3 is 2.80 bits per heavy atom. The van der Waals surface area contributed by atoms with Gasteiger partial charge in [-0.15, -0.1) is 0 Å². The van der Waals surface area contributed by atoms with E-state index in [1.165, 1.54) is 44.2 Å². The lowest BCUT2D eigenvalue weighted by molar-refractivity contribution is -0.188. The van der Waals surface area contributed by atoms with E-state index in [0.717, 1.165) is 42.6 Å². The van der Waals surface area contributed by atoms with Crippen molar-refractivity contribution in [3.63, 3.8) is 0 Å². The van der Waals surface area contributed by atoms with E-state index in [4.69, 9.17) is 14.3 Å². The van der Waals surface area contributed by atoms with Gasteiger partial charge >= 0.3 is 0 Å². The Hall–Kier alpha value is -1.98. The van der Waals surface area contributed by atoms with Gasteiger partial charge in [0.1, 0.15) is 6.61 Å². The molecule has 1 aromatic heterocycles. The summed E-state index contributed by atoms with van der Waals surface area (Å²) in [4.78, 5) is 10.00. The van der Waals surface area contributed by atoms with Crippen LogP contribution in [0.25, 0.3) is 0 Å². The quantitative estimate of drug-likeness (QED) is 0.196. The van der Waals surface area contributed by atoms with Crippen molar-refractivity contribution >= 4 is 5.71 Å².